The van der Waals surface area contributed by atoms with E-state index in [4.69, 9.17) is 0 Å². The molecule has 30 heavy (non-hydrogen) atoms. The van der Waals surface area contributed by atoms with Gasteiger partial charge in [0.25, 0.3) is 0 Å². The Morgan fingerprint density at radius 2 is 1.53 bits per heavy atom. The van der Waals surface area contributed by atoms with Crippen LogP contribution in [0.15, 0.2) is 0 Å². The topological polar surface area (TPSA) is 0 Å². The molecule has 0 aromatic heterocycles. The first-order valence-corrected chi connectivity index (χ1v) is 14.2. The molecule has 0 aromatic rings. The Kier molecular flexibility index (Phi) is 6.75. The molecule has 4 aliphatic carbocycles. The van der Waals surface area contributed by atoms with E-state index in [2.05, 4.69) is 48.5 Å². The fraction of sp³-hybridized carbons (Fsp3) is 1.00. The van der Waals surface area contributed by atoms with Crippen molar-refractivity contribution in [3.8, 4) is 0 Å². The van der Waals surface area contributed by atoms with Crippen molar-refractivity contribution in [2.75, 3.05) is 0 Å². The highest BCUT2D eigenvalue weighted by atomic mass is 14.7. The SMILES string of the molecule is CCC(C)CCCC(C)C1CCC2C3C(C)CC4CC(C)CCC4(C)C3CCC12C. The van der Waals surface area contributed by atoms with Gasteiger partial charge in [0.05, 0.1) is 0 Å². The van der Waals surface area contributed by atoms with E-state index in [-0.39, 0.29) is 0 Å². The molecular formula is C30H54. The molecule has 0 radical (unpaired) electrons. The Labute approximate surface area is 189 Å². The maximum absolute atomic E-state index is 2.76. The molecular weight excluding hydrogens is 360 g/mol. The Hall–Kier alpha value is 0. The van der Waals surface area contributed by atoms with Gasteiger partial charge in [-0.2, -0.15) is 0 Å². The molecule has 0 aliphatic heterocycles. The quantitative estimate of drug-likeness (QED) is 0.406. The second-order valence-electron chi connectivity index (χ2n) is 13.7. The summed E-state index contributed by atoms with van der Waals surface area (Å²) in [7, 11) is 0. The third-order valence-corrected chi connectivity index (χ3v) is 12.1. The van der Waals surface area contributed by atoms with Crippen molar-refractivity contribution in [2.45, 2.75) is 126 Å². The minimum Gasteiger partial charge on any atom is -0.0651 e. The number of hydrogen-bond donors (Lipinski definition) is 0. The fourth-order valence-corrected chi connectivity index (χ4v) is 10.0. The van der Waals surface area contributed by atoms with Gasteiger partial charge in [-0.25, -0.2) is 0 Å². The number of hydrogen-bond acceptors (Lipinski definition) is 0. The van der Waals surface area contributed by atoms with Crippen LogP contribution in [0, 0.1) is 64.1 Å². The summed E-state index contributed by atoms with van der Waals surface area (Å²) in [4.78, 5) is 0. The van der Waals surface area contributed by atoms with Gasteiger partial charge in [-0.3, -0.25) is 0 Å². The highest BCUT2D eigenvalue weighted by Gasteiger charge is 2.61. The Morgan fingerprint density at radius 1 is 0.833 bits per heavy atom. The summed E-state index contributed by atoms with van der Waals surface area (Å²) >= 11 is 0. The van der Waals surface area contributed by atoms with Gasteiger partial charge in [0.15, 0.2) is 0 Å². The summed E-state index contributed by atoms with van der Waals surface area (Å²) in [6.07, 6.45) is 18.1. The van der Waals surface area contributed by atoms with Gasteiger partial charge in [-0.05, 0) is 109 Å². The predicted octanol–water partition coefficient (Wildman–Crippen LogP) is 9.38. The minimum absolute atomic E-state index is 0.649. The smallest absolute Gasteiger partial charge is 0.0264 e. The normalized spacial score (nSPS) is 50.3. The van der Waals surface area contributed by atoms with Gasteiger partial charge >= 0.3 is 0 Å². The summed E-state index contributed by atoms with van der Waals surface area (Å²) in [5.74, 6) is 8.96. The van der Waals surface area contributed by atoms with Gasteiger partial charge in [-0.15, -0.1) is 0 Å². The average molecular weight is 415 g/mol. The fourth-order valence-electron chi connectivity index (χ4n) is 10.0. The molecule has 0 spiro atoms. The predicted molar refractivity (Wildman–Crippen MR) is 131 cm³/mol. The van der Waals surface area contributed by atoms with Crippen LogP contribution in [0.1, 0.15) is 126 Å². The molecule has 0 saturated heterocycles. The zero-order valence-electron chi connectivity index (χ0n) is 21.7. The van der Waals surface area contributed by atoms with E-state index in [0.29, 0.717) is 10.8 Å². The van der Waals surface area contributed by atoms with E-state index in [0.717, 1.165) is 53.3 Å². The number of rotatable bonds is 6. The first-order valence-electron chi connectivity index (χ1n) is 14.2. The van der Waals surface area contributed by atoms with Crippen LogP contribution in [0.2, 0.25) is 0 Å². The summed E-state index contributed by atoms with van der Waals surface area (Å²) in [5, 5.41) is 0. The molecule has 11 unspecified atom stereocenters. The van der Waals surface area contributed by atoms with Crippen LogP contribution < -0.4 is 0 Å². The van der Waals surface area contributed by atoms with E-state index >= 15 is 0 Å². The van der Waals surface area contributed by atoms with Crippen molar-refractivity contribution in [2.24, 2.45) is 64.1 Å². The molecule has 4 aliphatic rings. The molecule has 4 fully saturated rings. The Morgan fingerprint density at radius 3 is 2.27 bits per heavy atom. The first kappa shape index (κ1) is 23.2. The van der Waals surface area contributed by atoms with E-state index < -0.39 is 0 Å². The molecule has 4 rings (SSSR count). The van der Waals surface area contributed by atoms with Gasteiger partial charge in [0.2, 0.25) is 0 Å². The van der Waals surface area contributed by atoms with Gasteiger partial charge in [-0.1, -0.05) is 80.6 Å². The lowest BCUT2D eigenvalue weighted by Gasteiger charge is -2.63. The largest absolute Gasteiger partial charge is 0.0651 e. The monoisotopic (exact) mass is 414 g/mol. The summed E-state index contributed by atoms with van der Waals surface area (Å²) in [6.45, 7) is 18.1. The zero-order valence-corrected chi connectivity index (χ0v) is 21.7. The molecule has 0 heterocycles. The van der Waals surface area contributed by atoms with Gasteiger partial charge < -0.3 is 0 Å². The van der Waals surface area contributed by atoms with Crippen molar-refractivity contribution in [3.63, 3.8) is 0 Å². The van der Waals surface area contributed by atoms with Crippen LogP contribution in [-0.2, 0) is 0 Å². The van der Waals surface area contributed by atoms with Crippen LogP contribution in [0.25, 0.3) is 0 Å². The highest BCUT2D eigenvalue weighted by molar-refractivity contribution is 5.10. The third-order valence-electron chi connectivity index (χ3n) is 12.1. The van der Waals surface area contributed by atoms with Crippen LogP contribution in [0.4, 0.5) is 0 Å². The summed E-state index contributed by atoms with van der Waals surface area (Å²) < 4.78 is 0. The van der Waals surface area contributed by atoms with E-state index in [9.17, 15) is 0 Å². The van der Waals surface area contributed by atoms with Crippen LogP contribution in [0.5, 0.6) is 0 Å². The second kappa shape index (κ2) is 8.74. The lowest BCUT2D eigenvalue weighted by Crippen LogP contribution is -2.56. The van der Waals surface area contributed by atoms with Crippen molar-refractivity contribution in [3.05, 3.63) is 0 Å². The Balaban J connectivity index is 1.47. The molecule has 0 N–H and O–H groups in total. The van der Waals surface area contributed by atoms with Crippen LogP contribution in [-0.4, -0.2) is 0 Å². The lowest BCUT2D eigenvalue weighted by molar-refractivity contribution is -0.142. The molecule has 0 bridgehead atoms. The second-order valence-corrected chi connectivity index (χ2v) is 13.7. The minimum atomic E-state index is 0.649. The van der Waals surface area contributed by atoms with E-state index in [1.807, 2.05) is 0 Å². The third kappa shape index (κ3) is 3.83. The van der Waals surface area contributed by atoms with Crippen molar-refractivity contribution >= 4 is 0 Å². The average Bonchev–Trinajstić information content (AvgIpc) is 3.06. The van der Waals surface area contributed by atoms with E-state index in [1.165, 1.54) is 44.9 Å². The van der Waals surface area contributed by atoms with Crippen LogP contribution >= 0.6 is 0 Å². The van der Waals surface area contributed by atoms with Gasteiger partial charge in [0.1, 0.15) is 0 Å². The summed E-state index contributed by atoms with van der Waals surface area (Å²) in [6, 6.07) is 0. The molecule has 174 valence electrons. The Bertz CT molecular complexity index is 579. The van der Waals surface area contributed by atoms with Gasteiger partial charge in [0, 0.05) is 0 Å². The molecule has 0 heteroatoms. The van der Waals surface area contributed by atoms with Crippen molar-refractivity contribution < 1.29 is 0 Å². The van der Waals surface area contributed by atoms with Crippen LogP contribution in [0.3, 0.4) is 0 Å². The summed E-state index contributed by atoms with van der Waals surface area (Å²) in [5.41, 5.74) is 1.32. The number of fused-ring (bicyclic) bond motifs is 5. The molecule has 11 atom stereocenters. The molecule has 0 amide bonds. The van der Waals surface area contributed by atoms with Crippen molar-refractivity contribution in [1.82, 2.24) is 0 Å². The maximum atomic E-state index is 2.76. The zero-order chi connectivity index (χ0) is 21.7. The lowest BCUT2D eigenvalue weighted by atomic mass is 9.42. The maximum Gasteiger partial charge on any atom is -0.0264 e. The first-order chi connectivity index (χ1) is 14.2. The standard InChI is InChI=1S/C30H54/c1-8-20(2)10-9-11-22(4)25-12-13-26-28-23(5)19-24-18-21(3)14-16-29(24,6)27(28)15-17-30(25,26)7/h20-28H,8-19H2,1-7H3. The van der Waals surface area contributed by atoms with Crippen molar-refractivity contribution in [1.29, 1.82) is 0 Å². The highest BCUT2D eigenvalue weighted by Crippen LogP contribution is 2.69. The van der Waals surface area contributed by atoms with E-state index in [1.54, 1.807) is 32.1 Å². The molecule has 4 saturated carbocycles. The molecule has 0 aromatic carbocycles. The molecule has 0 nitrogen and oxygen atoms in total.